The van der Waals surface area contributed by atoms with Crippen LogP contribution in [0, 0.1) is 0 Å². The van der Waals surface area contributed by atoms with Gasteiger partial charge in [-0.15, -0.1) is 0 Å². The van der Waals surface area contributed by atoms with Gasteiger partial charge in [-0.25, -0.2) is 8.42 Å². The van der Waals surface area contributed by atoms with Crippen LogP contribution in [0.15, 0.2) is 29.2 Å². The topological polar surface area (TPSA) is 128 Å². The Labute approximate surface area is 155 Å². The minimum atomic E-state index is -3.51. The van der Waals surface area contributed by atoms with Crippen molar-refractivity contribution in [3.05, 3.63) is 24.3 Å². The number of aliphatic hydroxyl groups is 2. The van der Waals surface area contributed by atoms with E-state index in [-0.39, 0.29) is 10.4 Å². The number of nitrogens with zero attached hydrogens (tertiary/aromatic N) is 1. The fourth-order valence-electron chi connectivity index (χ4n) is 1.75. The molecule has 1 aromatic carbocycles. The second-order valence-corrected chi connectivity index (χ2v) is 9.02. The van der Waals surface area contributed by atoms with Crippen molar-refractivity contribution in [3.63, 3.8) is 0 Å². The lowest BCUT2D eigenvalue weighted by atomic mass is 9.81. The summed E-state index contributed by atoms with van der Waals surface area (Å²) in [5.74, 6) is 0. The Balaban J connectivity index is 0.000000359. The monoisotopic (exact) mass is 389 g/mol. The quantitative estimate of drug-likeness (QED) is 0.482. The number of hydrogen-bond donors (Lipinski definition) is 4. The van der Waals surface area contributed by atoms with Crippen LogP contribution in [-0.2, 0) is 14.8 Å². The lowest BCUT2D eigenvalue weighted by molar-refractivity contribution is -0.107. The van der Waals surface area contributed by atoms with E-state index >= 15 is 0 Å². The molecule has 1 heterocycles. The first-order valence-corrected chi connectivity index (χ1v) is 9.69. The number of morpholine rings is 1. The smallest absolute Gasteiger partial charge is 0.423 e. The minimum Gasteiger partial charge on any atom is -0.423 e. The summed E-state index contributed by atoms with van der Waals surface area (Å²) in [6.45, 7) is 7.78. The van der Waals surface area contributed by atoms with Crippen LogP contribution in [0.1, 0.15) is 27.7 Å². The molecular formula is C16H28BNO7S. The maximum Gasteiger partial charge on any atom is 0.488 e. The van der Waals surface area contributed by atoms with E-state index in [1.165, 1.54) is 28.6 Å². The fraction of sp³-hybridized carbons (Fsp3) is 0.625. The molecule has 8 nitrogen and oxygen atoms in total. The number of ether oxygens (including phenoxy) is 1. The molecule has 0 bridgehead atoms. The molecule has 1 aliphatic rings. The van der Waals surface area contributed by atoms with E-state index in [1.54, 1.807) is 27.7 Å². The highest BCUT2D eigenvalue weighted by atomic mass is 32.2. The van der Waals surface area contributed by atoms with E-state index in [4.69, 9.17) is 25.0 Å². The van der Waals surface area contributed by atoms with Crippen molar-refractivity contribution in [2.75, 3.05) is 26.3 Å². The largest absolute Gasteiger partial charge is 0.488 e. The summed E-state index contributed by atoms with van der Waals surface area (Å²) in [5.41, 5.74) is -1.75. The second-order valence-electron chi connectivity index (χ2n) is 7.08. The Hall–Kier alpha value is -1.01. The molecule has 0 radical (unpaired) electrons. The average Bonchev–Trinajstić information content (AvgIpc) is 2.54. The highest BCUT2D eigenvalue weighted by Crippen LogP contribution is 2.19. The molecule has 0 atom stereocenters. The van der Waals surface area contributed by atoms with Crippen LogP contribution in [0.4, 0.5) is 0 Å². The molecule has 0 saturated carbocycles. The fourth-order valence-corrected chi connectivity index (χ4v) is 3.16. The average molecular weight is 389 g/mol. The maximum atomic E-state index is 12.2. The number of sulfonamides is 1. The van der Waals surface area contributed by atoms with Gasteiger partial charge < -0.3 is 25.0 Å². The van der Waals surface area contributed by atoms with Crippen LogP contribution in [0.25, 0.3) is 0 Å². The summed E-state index contributed by atoms with van der Waals surface area (Å²) >= 11 is 0. The summed E-state index contributed by atoms with van der Waals surface area (Å²) in [6, 6.07) is 5.52. The van der Waals surface area contributed by atoms with Crippen molar-refractivity contribution in [3.8, 4) is 0 Å². The van der Waals surface area contributed by atoms with Crippen LogP contribution in [0.3, 0.4) is 0 Å². The van der Waals surface area contributed by atoms with Gasteiger partial charge in [-0.1, -0.05) is 12.1 Å². The van der Waals surface area contributed by atoms with E-state index in [1.807, 2.05) is 0 Å². The van der Waals surface area contributed by atoms with Crippen molar-refractivity contribution in [1.29, 1.82) is 0 Å². The second kappa shape index (κ2) is 8.79. The zero-order chi connectivity index (χ0) is 20.2. The van der Waals surface area contributed by atoms with Gasteiger partial charge in [0.1, 0.15) is 0 Å². The number of benzene rings is 1. The summed E-state index contributed by atoms with van der Waals surface area (Å²) in [5, 5.41) is 36.1. The van der Waals surface area contributed by atoms with E-state index < -0.39 is 28.3 Å². The number of hydrogen-bond acceptors (Lipinski definition) is 7. The molecule has 0 spiro atoms. The van der Waals surface area contributed by atoms with Crippen molar-refractivity contribution >= 4 is 22.6 Å². The maximum absolute atomic E-state index is 12.2. The summed E-state index contributed by atoms with van der Waals surface area (Å²) in [7, 11) is -5.11. The molecule has 148 valence electrons. The SMILES string of the molecule is CC(C)(O)C(C)(C)O.O=S(=O)(c1ccc(B(O)O)cc1)N1CCOCC1. The van der Waals surface area contributed by atoms with Crippen LogP contribution >= 0.6 is 0 Å². The zero-order valence-corrected chi connectivity index (χ0v) is 16.4. The van der Waals surface area contributed by atoms with E-state index in [0.717, 1.165) is 0 Å². The Bertz CT molecular complexity index is 645. The highest BCUT2D eigenvalue weighted by molar-refractivity contribution is 7.89. The Kier molecular flexibility index (Phi) is 7.79. The molecule has 1 aromatic rings. The number of rotatable bonds is 4. The van der Waals surface area contributed by atoms with Crippen molar-refractivity contribution in [1.82, 2.24) is 4.31 Å². The van der Waals surface area contributed by atoms with Crippen LogP contribution in [0.2, 0.25) is 0 Å². The van der Waals surface area contributed by atoms with E-state index in [2.05, 4.69) is 0 Å². The first-order chi connectivity index (χ1) is 11.8. The van der Waals surface area contributed by atoms with Gasteiger partial charge in [-0.2, -0.15) is 4.31 Å². The van der Waals surface area contributed by atoms with Gasteiger partial charge in [-0.3, -0.25) is 0 Å². The standard InChI is InChI=1S/C10H14BNO5S.C6H14O2/c13-11(14)9-1-3-10(4-2-9)18(15,16)12-5-7-17-8-6-12;1-5(2,7)6(3,4)8/h1-4,13-14H,5-8H2;7-8H,1-4H3. The van der Waals surface area contributed by atoms with Crippen LogP contribution in [0.5, 0.6) is 0 Å². The first kappa shape index (κ1) is 23.0. The summed E-state index contributed by atoms with van der Waals surface area (Å²) < 4.78 is 30.9. The summed E-state index contributed by atoms with van der Waals surface area (Å²) in [4.78, 5) is 0.147. The van der Waals surface area contributed by atoms with Crippen molar-refractivity contribution < 1.29 is 33.4 Å². The lowest BCUT2D eigenvalue weighted by Crippen LogP contribution is -2.44. The third kappa shape index (κ3) is 6.31. The molecule has 1 aliphatic heterocycles. The predicted molar refractivity (Wildman–Crippen MR) is 98.4 cm³/mol. The van der Waals surface area contributed by atoms with Crippen molar-refractivity contribution in [2.24, 2.45) is 0 Å². The van der Waals surface area contributed by atoms with Crippen molar-refractivity contribution in [2.45, 2.75) is 43.8 Å². The van der Waals surface area contributed by atoms with Gasteiger partial charge in [-0.05, 0) is 45.3 Å². The lowest BCUT2D eigenvalue weighted by Gasteiger charge is -2.31. The zero-order valence-electron chi connectivity index (χ0n) is 15.6. The molecule has 2 rings (SSSR count). The van der Waals surface area contributed by atoms with Crippen LogP contribution < -0.4 is 5.46 Å². The van der Waals surface area contributed by atoms with Gasteiger partial charge in [0.15, 0.2) is 0 Å². The highest BCUT2D eigenvalue weighted by Gasteiger charge is 2.32. The molecule has 1 fully saturated rings. The molecule has 10 heteroatoms. The Morgan fingerprint density at radius 2 is 1.38 bits per heavy atom. The van der Waals surface area contributed by atoms with Gasteiger partial charge in [0, 0.05) is 13.1 Å². The normalized spacial score (nSPS) is 16.6. The van der Waals surface area contributed by atoms with Gasteiger partial charge in [0.05, 0.1) is 29.3 Å². The molecule has 1 saturated heterocycles. The van der Waals surface area contributed by atoms with Crippen LogP contribution in [-0.4, -0.2) is 77.6 Å². The Morgan fingerprint density at radius 3 is 1.73 bits per heavy atom. The molecule has 0 aliphatic carbocycles. The third-order valence-corrected chi connectivity index (χ3v) is 6.20. The van der Waals surface area contributed by atoms with E-state index in [9.17, 15) is 8.42 Å². The molecule has 0 unspecified atom stereocenters. The minimum absolute atomic E-state index is 0.147. The molecule has 26 heavy (non-hydrogen) atoms. The van der Waals surface area contributed by atoms with E-state index in [0.29, 0.717) is 26.3 Å². The van der Waals surface area contributed by atoms with Gasteiger partial charge in [0.25, 0.3) is 0 Å². The third-order valence-electron chi connectivity index (χ3n) is 4.28. The van der Waals surface area contributed by atoms with Gasteiger partial charge >= 0.3 is 7.12 Å². The molecule has 0 amide bonds. The first-order valence-electron chi connectivity index (χ1n) is 8.25. The summed E-state index contributed by atoms with van der Waals surface area (Å²) in [6.07, 6.45) is 0. The molecular weight excluding hydrogens is 361 g/mol. The molecule has 4 N–H and O–H groups in total. The Morgan fingerprint density at radius 1 is 0.962 bits per heavy atom. The predicted octanol–water partition coefficient (Wildman–Crippen LogP) is -1.08. The van der Waals surface area contributed by atoms with Gasteiger partial charge in [0.2, 0.25) is 10.0 Å². The molecule has 0 aromatic heterocycles.